The molecule has 3 rings (SSSR count). The average molecular weight is 234 g/mol. The molecule has 0 spiro atoms. The molecular weight excluding hydrogens is 216 g/mol. The minimum atomic E-state index is -0.924. The van der Waals surface area contributed by atoms with Crippen LogP contribution in [0.3, 0.4) is 0 Å². The third-order valence-electron chi connectivity index (χ3n) is 5.43. The zero-order chi connectivity index (χ0) is 12.4. The first-order valence-corrected chi connectivity index (χ1v) is 6.33. The van der Waals surface area contributed by atoms with Crippen LogP contribution < -0.4 is 0 Å². The fraction of sp³-hybridized carbons (Fsp3) is 0.714. The molecule has 0 N–H and O–H groups in total. The Morgan fingerprint density at radius 2 is 2.06 bits per heavy atom. The molecule has 0 radical (unpaired) electrons. The molecule has 0 aromatic rings. The number of methoxy groups -OCH3 is 1. The SMILES string of the molecule is COC(=O)[C@]1(C)C(=O)C2C([C@H]1C)[C@H]1C=C[C@@H]2C1. The molecule has 3 aliphatic rings. The Balaban J connectivity index is 2.03. The third-order valence-corrected chi connectivity index (χ3v) is 5.43. The summed E-state index contributed by atoms with van der Waals surface area (Å²) in [6.07, 6.45) is 5.50. The van der Waals surface area contributed by atoms with Crippen LogP contribution in [-0.2, 0) is 14.3 Å². The van der Waals surface area contributed by atoms with E-state index in [-0.39, 0.29) is 23.6 Å². The molecule has 92 valence electrons. The Kier molecular flexibility index (Phi) is 2.08. The highest BCUT2D eigenvalue weighted by Gasteiger charge is 2.66. The van der Waals surface area contributed by atoms with Crippen LogP contribution in [0.1, 0.15) is 20.3 Å². The minimum absolute atomic E-state index is 0.0594. The fourth-order valence-corrected chi connectivity index (χ4v) is 4.37. The van der Waals surface area contributed by atoms with Crippen LogP contribution in [0.25, 0.3) is 0 Å². The first kappa shape index (κ1) is 11.0. The van der Waals surface area contributed by atoms with Gasteiger partial charge >= 0.3 is 5.97 Å². The maximum Gasteiger partial charge on any atom is 0.319 e. The van der Waals surface area contributed by atoms with Crippen molar-refractivity contribution in [1.82, 2.24) is 0 Å². The molecule has 3 nitrogen and oxygen atoms in total. The summed E-state index contributed by atoms with van der Waals surface area (Å²) in [4.78, 5) is 24.5. The van der Waals surface area contributed by atoms with E-state index in [4.69, 9.17) is 4.74 Å². The second kappa shape index (κ2) is 3.21. The van der Waals surface area contributed by atoms with Crippen LogP contribution in [0.5, 0.6) is 0 Å². The van der Waals surface area contributed by atoms with Crippen LogP contribution in [0.4, 0.5) is 0 Å². The predicted molar refractivity (Wildman–Crippen MR) is 62.0 cm³/mol. The van der Waals surface area contributed by atoms with Gasteiger partial charge in [0.1, 0.15) is 5.41 Å². The van der Waals surface area contributed by atoms with E-state index < -0.39 is 5.41 Å². The highest BCUT2D eigenvalue weighted by atomic mass is 16.5. The van der Waals surface area contributed by atoms with Crippen molar-refractivity contribution in [2.45, 2.75) is 20.3 Å². The molecule has 3 heteroatoms. The molecule has 2 fully saturated rings. The summed E-state index contributed by atoms with van der Waals surface area (Å²) in [7, 11) is 1.37. The maximum atomic E-state index is 12.6. The van der Waals surface area contributed by atoms with Gasteiger partial charge in [0.2, 0.25) is 0 Å². The highest BCUT2D eigenvalue weighted by Crippen LogP contribution is 2.61. The highest BCUT2D eigenvalue weighted by molar-refractivity contribution is 6.07. The largest absolute Gasteiger partial charge is 0.468 e. The van der Waals surface area contributed by atoms with E-state index in [1.165, 1.54) is 7.11 Å². The van der Waals surface area contributed by atoms with Gasteiger partial charge in [-0.3, -0.25) is 9.59 Å². The van der Waals surface area contributed by atoms with Gasteiger partial charge in [-0.25, -0.2) is 0 Å². The van der Waals surface area contributed by atoms with E-state index >= 15 is 0 Å². The van der Waals surface area contributed by atoms with E-state index in [9.17, 15) is 9.59 Å². The van der Waals surface area contributed by atoms with Crippen LogP contribution in [-0.4, -0.2) is 18.9 Å². The molecule has 0 aromatic carbocycles. The summed E-state index contributed by atoms with van der Waals surface area (Å²) in [6.45, 7) is 3.80. The van der Waals surface area contributed by atoms with Gasteiger partial charge in [-0.1, -0.05) is 19.1 Å². The van der Waals surface area contributed by atoms with Crippen LogP contribution >= 0.6 is 0 Å². The molecule has 17 heavy (non-hydrogen) atoms. The second-order valence-electron chi connectivity index (χ2n) is 5.90. The summed E-state index contributed by atoms with van der Waals surface area (Å²) in [5.74, 6) is 1.11. The Hall–Kier alpha value is -1.12. The van der Waals surface area contributed by atoms with Gasteiger partial charge in [-0.05, 0) is 37.0 Å². The van der Waals surface area contributed by atoms with Crippen molar-refractivity contribution >= 4 is 11.8 Å². The van der Waals surface area contributed by atoms with Crippen molar-refractivity contribution in [2.75, 3.05) is 7.11 Å². The molecule has 6 atom stereocenters. The smallest absolute Gasteiger partial charge is 0.319 e. The predicted octanol–water partition coefficient (Wildman–Crippen LogP) is 1.82. The van der Waals surface area contributed by atoms with Crippen molar-refractivity contribution in [3.8, 4) is 0 Å². The number of hydrogen-bond donors (Lipinski definition) is 0. The molecule has 2 bridgehead atoms. The zero-order valence-corrected chi connectivity index (χ0v) is 10.5. The molecule has 2 unspecified atom stereocenters. The van der Waals surface area contributed by atoms with Crippen molar-refractivity contribution in [1.29, 1.82) is 0 Å². The number of carbonyl (C=O) groups is 2. The number of carbonyl (C=O) groups excluding carboxylic acids is 2. The van der Waals surface area contributed by atoms with E-state index in [0.29, 0.717) is 17.8 Å². The summed E-state index contributed by atoms with van der Waals surface area (Å²) in [5.41, 5.74) is -0.924. The van der Waals surface area contributed by atoms with Crippen LogP contribution in [0.15, 0.2) is 12.2 Å². The van der Waals surface area contributed by atoms with Crippen molar-refractivity contribution < 1.29 is 14.3 Å². The van der Waals surface area contributed by atoms with E-state index in [0.717, 1.165) is 6.42 Å². The van der Waals surface area contributed by atoms with E-state index in [1.54, 1.807) is 6.92 Å². The summed E-state index contributed by atoms with van der Waals surface area (Å²) in [5, 5.41) is 0. The molecule has 0 aromatic heterocycles. The monoisotopic (exact) mass is 234 g/mol. The van der Waals surface area contributed by atoms with Gasteiger partial charge < -0.3 is 4.74 Å². The molecule has 0 heterocycles. The molecule has 0 aliphatic heterocycles. The quantitative estimate of drug-likeness (QED) is 0.395. The number of ether oxygens (including phenoxy) is 1. The lowest BCUT2D eigenvalue weighted by molar-refractivity contribution is -0.158. The lowest BCUT2D eigenvalue weighted by Crippen LogP contribution is -2.40. The van der Waals surface area contributed by atoms with Gasteiger partial charge in [0.05, 0.1) is 7.11 Å². The van der Waals surface area contributed by atoms with Crippen molar-refractivity contribution in [3.63, 3.8) is 0 Å². The van der Waals surface area contributed by atoms with E-state index in [1.807, 2.05) is 6.92 Å². The van der Waals surface area contributed by atoms with Crippen molar-refractivity contribution in [3.05, 3.63) is 12.2 Å². The van der Waals surface area contributed by atoms with Gasteiger partial charge in [0, 0.05) is 5.92 Å². The third kappa shape index (κ3) is 1.08. The average Bonchev–Trinajstić information content (AvgIpc) is 2.98. The number of fused-ring (bicyclic) bond motifs is 5. The Bertz CT molecular complexity index is 425. The summed E-state index contributed by atoms with van der Waals surface area (Å²) >= 11 is 0. The normalized spacial score (nSPS) is 50.8. The van der Waals surface area contributed by atoms with E-state index in [2.05, 4.69) is 12.2 Å². The Labute approximate surface area is 101 Å². The number of ketones is 1. The first-order valence-electron chi connectivity index (χ1n) is 6.33. The number of Topliss-reactive ketones (excluding diaryl/α,β-unsaturated/α-hetero) is 1. The van der Waals surface area contributed by atoms with Crippen LogP contribution in [0, 0.1) is 35.0 Å². The number of esters is 1. The van der Waals surface area contributed by atoms with Gasteiger partial charge in [0.25, 0.3) is 0 Å². The van der Waals surface area contributed by atoms with Gasteiger partial charge in [0.15, 0.2) is 5.78 Å². The lowest BCUT2D eigenvalue weighted by atomic mass is 9.75. The topological polar surface area (TPSA) is 43.4 Å². The maximum absolute atomic E-state index is 12.6. The zero-order valence-electron chi connectivity index (χ0n) is 10.5. The summed E-state index contributed by atoms with van der Waals surface area (Å²) in [6, 6.07) is 0. The van der Waals surface area contributed by atoms with Gasteiger partial charge in [-0.2, -0.15) is 0 Å². The lowest BCUT2D eigenvalue weighted by Gasteiger charge is -2.28. The molecule has 3 aliphatic carbocycles. The standard InChI is InChI=1S/C14H18O3/c1-7-10-8-4-5-9(6-8)11(10)12(15)14(7,2)13(16)17-3/h4-5,7-11H,6H2,1-3H3/t7-,8+,9-,10?,11?,14+/m1/s1. The molecule has 0 saturated heterocycles. The van der Waals surface area contributed by atoms with Crippen LogP contribution in [0.2, 0.25) is 0 Å². The van der Waals surface area contributed by atoms with Crippen molar-refractivity contribution in [2.24, 2.45) is 35.0 Å². The minimum Gasteiger partial charge on any atom is -0.468 e. The second-order valence-corrected chi connectivity index (χ2v) is 5.90. The molecule has 0 amide bonds. The van der Waals surface area contributed by atoms with Gasteiger partial charge in [-0.15, -0.1) is 0 Å². The molecular formula is C14H18O3. The number of hydrogen-bond acceptors (Lipinski definition) is 3. The number of rotatable bonds is 1. The number of allylic oxidation sites excluding steroid dienone is 2. The Morgan fingerprint density at radius 3 is 2.65 bits per heavy atom. The Morgan fingerprint density at radius 1 is 1.41 bits per heavy atom. The molecule has 2 saturated carbocycles. The summed E-state index contributed by atoms with van der Waals surface area (Å²) < 4.78 is 4.85. The fourth-order valence-electron chi connectivity index (χ4n) is 4.37. The first-order chi connectivity index (χ1) is 8.01.